The molecular weight excluding hydrogens is 202 g/mol. The molecule has 1 aromatic heterocycles. The van der Waals surface area contributed by atoms with Gasteiger partial charge >= 0.3 is 0 Å². The van der Waals surface area contributed by atoms with Crippen molar-refractivity contribution in [1.82, 2.24) is 4.57 Å². The van der Waals surface area contributed by atoms with Crippen molar-refractivity contribution in [1.29, 1.82) is 0 Å². The lowest BCUT2D eigenvalue weighted by atomic mass is 10.1. The van der Waals surface area contributed by atoms with E-state index in [1.165, 1.54) is 0 Å². The molecule has 3 nitrogen and oxygen atoms in total. The van der Waals surface area contributed by atoms with Crippen LogP contribution in [0, 0.1) is 0 Å². The molecule has 0 amide bonds. The minimum Gasteiger partial charge on any atom is -0.389 e. The molecule has 0 atom stereocenters. The van der Waals surface area contributed by atoms with Gasteiger partial charge in [0.25, 0.3) is 5.56 Å². The summed E-state index contributed by atoms with van der Waals surface area (Å²) in [6, 6.07) is 3.37. The van der Waals surface area contributed by atoms with Crippen LogP contribution in [0.15, 0.2) is 23.1 Å². The smallest absolute Gasteiger partial charge is 0.250 e. The monoisotopic (exact) mass is 225 g/mol. The molecule has 0 aliphatic heterocycles. The van der Waals surface area contributed by atoms with Crippen LogP contribution in [0.5, 0.6) is 0 Å². The van der Waals surface area contributed by atoms with Crippen LogP contribution in [0.4, 0.5) is 0 Å². The van der Waals surface area contributed by atoms with Gasteiger partial charge in [0.1, 0.15) is 0 Å². The van der Waals surface area contributed by atoms with Crippen LogP contribution in [-0.4, -0.2) is 15.3 Å². The molecule has 0 aliphatic rings. The van der Waals surface area contributed by atoms with Crippen molar-refractivity contribution in [3.8, 4) is 0 Å². The first-order chi connectivity index (χ1) is 7.42. The summed E-state index contributed by atoms with van der Waals surface area (Å²) in [5.41, 5.74) is 0.189. The summed E-state index contributed by atoms with van der Waals surface area (Å²) in [4.78, 5) is 11.4. The lowest BCUT2D eigenvalue weighted by Crippen LogP contribution is -2.32. The van der Waals surface area contributed by atoms with E-state index in [9.17, 15) is 9.90 Å². The number of hydrogen-bond acceptors (Lipinski definition) is 2. The average molecular weight is 225 g/mol. The summed E-state index contributed by atoms with van der Waals surface area (Å²) in [5.74, 6) is 0. The van der Waals surface area contributed by atoms with Crippen molar-refractivity contribution < 1.29 is 5.11 Å². The molecule has 1 heterocycles. The second-order valence-corrected chi connectivity index (χ2v) is 4.17. The van der Waals surface area contributed by atoms with E-state index in [4.69, 9.17) is 0 Å². The molecule has 0 unspecified atom stereocenters. The molecule has 0 saturated carbocycles. The van der Waals surface area contributed by atoms with Crippen LogP contribution >= 0.6 is 0 Å². The van der Waals surface area contributed by atoms with Gasteiger partial charge in [0.05, 0.1) is 12.1 Å². The standard InChI is InChI=1S/C11H17NO2.C2H6/c1-4-9-5-6-10(13)12(7-9)8-11(2,3)14;1-2/h5-7,14H,4,8H2,1-3H3;1-2H3. The molecule has 0 radical (unpaired) electrons. The van der Waals surface area contributed by atoms with Gasteiger partial charge < -0.3 is 9.67 Å². The molecule has 0 fully saturated rings. The highest BCUT2D eigenvalue weighted by atomic mass is 16.3. The number of rotatable bonds is 3. The van der Waals surface area contributed by atoms with Gasteiger partial charge in [-0.3, -0.25) is 4.79 Å². The maximum atomic E-state index is 11.4. The van der Waals surface area contributed by atoms with Crippen molar-refractivity contribution in [3.05, 3.63) is 34.2 Å². The Morgan fingerprint density at radius 3 is 2.31 bits per heavy atom. The van der Waals surface area contributed by atoms with Crippen LogP contribution < -0.4 is 5.56 Å². The predicted molar refractivity (Wildman–Crippen MR) is 67.7 cm³/mol. The van der Waals surface area contributed by atoms with Gasteiger partial charge in [-0.25, -0.2) is 0 Å². The topological polar surface area (TPSA) is 42.2 Å². The van der Waals surface area contributed by atoms with E-state index >= 15 is 0 Å². The van der Waals surface area contributed by atoms with Crippen molar-refractivity contribution in [2.45, 2.75) is 53.2 Å². The molecule has 0 aliphatic carbocycles. The first-order valence-electron chi connectivity index (χ1n) is 5.84. The summed E-state index contributed by atoms with van der Waals surface area (Å²) >= 11 is 0. The molecule has 0 spiro atoms. The maximum absolute atomic E-state index is 11.4. The third-order valence-electron chi connectivity index (χ3n) is 2.01. The Hall–Kier alpha value is -1.09. The fourth-order valence-corrected chi connectivity index (χ4v) is 1.33. The van der Waals surface area contributed by atoms with Gasteiger partial charge in [-0.2, -0.15) is 0 Å². The Morgan fingerprint density at radius 1 is 1.31 bits per heavy atom. The Labute approximate surface area is 97.7 Å². The van der Waals surface area contributed by atoms with E-state index in [1.54, 1.807) is 30.7 Å². The Kier molecular flexibility index (Phi) is 6.04. The average Bonchev–Trinajstić information content (AvgIpc) is 2.22. The van der Waals surface area contributed by atoms with E-state index in [-0.39, 0.29) is 5.56 Å². The number of nitrogens with zero attached hydrogens (tertiary/aromatic N) is 1. The molecule has 92 valence electrons. The molecular formula is C13H23NO2. The van der Waals surface area contributed by atoms with Gasteiger partial charge in [-0.05, 0) is 25.8 Å². The quantitative estimate of drug-likeness (QED) is 0.857. The van der Waals surface area contributed by atoms with Crippen LogP contribution in [0.3, 0.4) is 0 Å². The minimum absolute atomic E-state index is 0.0654. The molecule has 1 N–H and O–H groups in total. The first kappa shape index (κ1) is 14.9. The zero-order valence-corrected chi connectivity index (χ0v) is 10.9. The zero-order valence-electron chi connectivity index (χ0n) is 10.9. The van der Waals surface area contributed by atoms with E-state index in [2.05, 4.69) is 0 Å². The summed E-state index contributed by atoms with van der Waals surface area (Å²) in [6.45, 7) is 9.75. The van der Waals surface area contributed by atoms with Crippen LogP contribution in [0.25, 0.3) is 0 Å². The first-order valence-corrected chi connectivity index (χ1v) is 5.84. The molecule has 16 heavy (non-hydrogen) atoms. The normalized spacial score (nSPS) is 10.6. The molecule has 0 bridgehead atoms. The van der Waals surface area contributed by atoms with Crippen LogP contribution in [0.2, 0.25) is 0 Å². The Morgan fingerprint density at radius 2 is 1.88 bits per heavy atom. The van der Waals surface area contributed by atoms with Gasteiger partial charge in [0.15, 0.2) is 0 Å². The highest BCUT2D eigenvalue weighted by molar-refractivity contribution is 5.09. The SMILES string of the molecule is CC.CCc1ccc(=O)n(CC(C)(C)O)c1. The highest BCUT2D eigenvalue weighted by Gasteiger charge is 2.13. The Bertz CT molecular complexity index is 361. The summed E-state index contributed by atoms with van der Waals surface area (Å²) in [5, 5.41) is 9.60. The third kappa shape index (κ3) is 5.12. The second kappa shape index (κ2) is 6.48. The summed E-state index contributed by atoms with van der Waals surface area (Å²) < 4.78 is 1.55. The van der Waals surface area contributed by atoms with Crippen LogP contribution in [-0.2, 0) is 13.0 Å². The minimum atomic E-state index is -0.851. The lowest BCUT2D eigenvalue weighted by molar-refractivity contribution is 0.0604. The molecule has 1 aromatic rings. The number of aliphatic hydroxyl groups is 1. The van der Waals surface area contributed by atoms with Gasteiger partial charge in [0, 0.05) is 12.3 Å². The highest BCUT2D eigenvalue weighted by Crippen LogP contribution is 2.05. The second-order valence-electron chi connectivity index (χ2n) is 4.17. The third-order valence-corrected chi connectivity index (χ3v) is 2.01. The van der Waals surface area contributed by atoms with Crippen molar-refractivity contribution >= 4 is 0 Å². The number of pyridine rings is 1. The maximum Gasteiger partial charge on any atom is 0.250 e. The molecule has 1 rings (SSSR count). The fourth-order valence-electron chi connectivity index (χ4n) is 1.33. The van der Waals surface area contributed by atoms with Gasteiger partial charge in [-0.15, -0.1) is 0 Å². The number of aromatic nitrogens is 1. The van der Waals surface area contributed by atoms with E-state index < -0.39 is 5.60 Å². The van der Waals surface area contributed by atoms with Gasteiger partial charge in [-0.1, -0.05) is 26.8 Å². The van der Waals surface area contributed by atoms with E-state index in [0.29, 0.717) is 6.54 Å². The number of aryl methyl sites for hydroxylation is 1. The van der Waals surface area contributed by atoms with Crippen LogP contribution in [0.1, 0.15) is 40.2 Å². The number of hydrogen-bond donors (Lipinski definition) is 1. The van der Waals surface area contributed by atoms with Gasteiger partial charge in [0.2, 0.25) is 0 Å². The molecule has 3 heteroatoms. The molecule has 0 aromatic carbocycles. The van der Waals surface area contributed by atoms with Crippen molar-refractivity contribution in [3.63, 3.8) is 0 Å². The largest absolute Gasteiger partial charge is 0.389 e. The predicted octanol–water partition coefficient (Wildman–Crippen LogP) is 2.21. The zero-order chi connectivity index (χ0) is 12.8. The summed E-state index contributed by atoms with van der Waals surface area (Å²) in [6.07, 6.45) is 2.70. The molecule has 0 saturated heterocycles. The van der Waals surface area contributed by atoms with Crippen molar-refractivity contribution in [2.75, 3.05) is 0 Å². The fraction of sp³-hybridized carbons (Fsp3) is 0.615. The van der Waals surface area contributed by atoms with E-state index in [1.807, 2.05) is 26.8 Å². The van der Waals surface area contributed by atoms with Crippen molar-refractivity contribution in [2.24, 2.45) is 0 Å². The lowest BCUT2D eigenvalue weighted by Gasteiger charge is -2.18. The Balaban J connectivity index is 0.00000106. The van der Waals surface area contributed by atoms with E-state index in [0.717, 1.165) is 12.0 Å². The summed E-state index contributed by atoms with van der Waals surface area (Å²) in [7, 11) is 0.